The fraction of sp³-hybridized carbons (Fsp3) is 0.200. The minimum atomic E-state index is -1.31. The largest absolute Gasteiger partial charge is 0.296 e. The maximum Gasteiger partial charge on any atom is 0.260 e. The van der Waals surface area contributed by atoms with Crippen molar-refractivity contribution in [2.24, 2.45) is 0 Å². The molecular weight excluding hydrogens is 262 g/mol. The van der Waals surface area contributed by atoms with E-state index in [9.17, 15) is 13.6 Å². The zero-order valence-corrected chi connectivity index (χ0v) is 10.1. The van der Waals surface area contributed by atoms with Gasteiger partial charge in [0.25, 0.3) is 5.91 Å². The first-order valence-electron chi connectivity index (χ1n) is 5.05. The van der Waals surface area contributed by atoms with Crippen LogP contribution in [0.25, 0.3) is 0 Å². The maximum absolute atomic E-state index is 13.3. The zero-order chi connectivity index (χ0) is 13.1. The van der Waals surface area contributed by atoms with Gasteiger partial charge in [0.2, 0.25) is 11.1 Å². The van der Waals surface area contributed by atoms with Crippen molar-refractivity contribution < 1.29 is 13.6 Å². The van der Waals surface area contributed by atoms with Gasteiger partial charge in [-0.2, -0.15) is 4.39 Å². The number of halogens is 2. The third-order valence-electron chi connectivity index (χ3n) is 2.08. The van der Waals surface area contributed by atoms with Crippen molar-refractivity contribution in [3.8, 4) is 0 Å². The molecule has 0 saturated carbocycles. The van der Waals surface area contributed by atoms with Gasteiger partial charge in [-0.3, -0.25) is 10.1 Å². The number of carbonyl (C=O) groups excluding carboxylic acids is 1. The van der Waals surface area contributed by atoms with E-state index >= 15 is 0 Å². The van der Waals surface area contributed by atoms with Gasteiger partial charge < -0.3 is 0 Å². The Labute approximate surface area is 105 Å². The topological polar surface area (TPSA) is 67.8 Å². The molecule has 0 aliphatic carbocycles. The van der Waals surface area contributed by atoms with Crippen LogP contribution in [0, 0.1) is 11.8 Å². The Balaban J connectivity index is 2.19. The summed E-state index contributed by atoms with van der Waals surface area (Å²) in [6.45, 7) is 1.89. The van der Waals surface area contributed by atoms with E-state index in [-0.39, 0.29) is 5.13 Å². The number of nitrogens with zero attached hydrogens (tertiary/aromatic N) is 3. The maximum atomic E-state index is 13.3. The molecule has 0 aliphatic rings. The van der Waals surface area contributed by atoms with E-state index in [0.717, 1.165) is 17.3 Å². The minimum Gasteiger partial charge on any atom is -0.296 e. The highest BCUT2D eigenvalue weighted by Crippen LogP contribution is 2.17. The quantitative estimate of drug-likeness (QED) is 0.866. The van der Waals surface area contributed by atoms with Gasteiger partial charge in [-0.05, 0) is 12.5 Å². The first-order chi connectivity index (χ1) is 8.61. The molecule has 5 nitrogen and oxygen atoms in total. The Bertz CT molecular complexity index is 587. The summed E-state index contributed by atoms with van der Waals surface area (Å²) < 4.78 is 26.1. The van der Waals surface area contributed by atoms with E-state index in [0.29, 0.717) is 6.42 Å². The number of hydrogen-bond acceptors (Lipinski definition) is 5. The molecule has 94 valence electrons. The van der Waals surface area contributed by atoms with Crippen LogP contribution in [-0.2, 0) is 6.42 Å². The third-order valence-corrected chi connectivity index (χ3v) is 3.06. The van der Waals surface area contributed by atoms with Crippen LogP contribution in [0.1, 0.15) is 22.3 Å². The normalized spacial score (nSPS) is 10.4. The van der Waals surface area contributed by atoms with Gasteiger partial charge in [-0.25, -0.2) is 9.37 Å². The predicted octanol–water partition coefficient (Wildman–Crippen LogP) is 2.03. The molecule has 0 bridgehead atoms. The molecule has 0 aromatic carbocycles. The van der Waals surface area contributed by atoms with Gasteiger partial charge >= 0.3 is 0 Å². The van der Waals surface area contributed by atoms with Crippen LogP contribution in [0.2, 0.25) is 0 Å². The molecule has 18 heavy (non-hydrogen) atoms. The van der Waals surface area contributed by atoms with E-state index < -0.39 is 23.2 Å². The molecular formula is C10H8F2N4OS. The number of hydrogen-bond donors (Lipinski definition) is 1. The molecule has 0 radical (unpaired) electrons. The van der Waals surface area contributed by atoms with Crippen molar-refractivity contribution in [1.82, 2.24) is 15.2 Å². The van der Waals surface area contributed by atoms with E-state index in [1.807, 2.05) is 6.92 Å². The molecule has 0 fully saturated rings. The molecule has 1 amide bonds. The van der Waals surface area contributed by atoms with Crippen LogP contribution in [0.5, 0.6) is 0 Å². The average molecular weight is 270 g/mol. The Kier molecular flexibility index (Phi) is 3.56. The van der Waals surface area contributed by atoms with Crippen molar-refractivity contribution in [3.05, 3.63) is 34.6 Å². The van der Waals surface area contributed by atoms with Gasteiger partial charge in [0, 0.05) is 6.20 Å². The number of carbonyl (C=O) groups is 1. The van der Waals surface area contributed by atoms with Crippen LogP contribution >= 0.6 is 11.3 Å². The summed E-state index contributed by atoms with van der Waals surface area (Å²) in [4.78, 5) is 14.8. The van der Waals surface area contributed by atoms with Gasteiger partial charge in [0.05, 0.1) is 5.56 Å². The summed E-state index contributed by atoms with van der Waals surface area (Å²) in [7, 11) is 0. The lowest BCUT2D eigenvalue weighted by Gasteiger charge is -2.02. The molecule has 0 saturated heterocycles. The number of amides is 1. The van der Waals surface area contributed by atoms with E-state index in [1.54, 1.807) is 0 Å². The lowest BCUT2D eigenvalue weighted by Crippen LogP contribution is -2.14. The van der Waals surface area contributed by atoms with Gasteiger partial charge in [0.1, 0.15) is 5.01 Å². The van der Waals surface area contributed by atoms with Crippen molar-refractivity contribution in [1.29, 1.82) is 0 Å². The molecule has 1 N–H and O–H groups in total. The summed E-state index contributed by atoms with van der Waals surface area (Å²) in [6.07, 6.45) is 1.71. The third kappa shape index (κ3) is 2.48. The van der Waals surface area contributed by atoms with Crippen molar-refractivity contribution in [2.75, 3.05) is 5.32 Å². The molecule has 0 aliphatic heterocycles. The fourth-order valence-electron chi connectivity index (χ4n) is 1.21. The van der Waals surface area contributed by atoms with Crippen LogP contribution in [0.15, 0.2) is 12.3 Å². The number of pyridine rings is 1. The zero-order valence-electron chi connectivity index (χ0n) is 9.28. The molecule has 0 spiro atoms. The standard InChI is InChI=1S/C10H8F2N4OS/c1-2-6-15-16-10(18-6)14-9(17)5-3-4-13-8(12)7(5)11/h3-4H,2H2,1H3,(H,14,16,17). The second-order valence-corrected chi connectivity index (χ2v) is 4.33. The van der Waals surface area contributed by atoms with Crippen molar-refractivity contribution in [3.63, 3.8) is 0 Å². The number of anilines is 1. The second-order valence-electron chi connectivity index (χ2n) is 3.27. The SMILES string of the molecule is CCc1nnc(NC(=O)c2ccnc(F)c2F)s1. The van der Waals surface area contributed by atoms with Crippen molar-refractivity contribution in [2.45, 2.75) is 13.3 Å². The predicted molar refractivity (Wildman–Crippen MR) is 61.4 cm³/mol. The second kappa shape index (κ2) is 5.13. The molecule has 2 aromatic heterocycles. The lowest BCUT2D eigenvalue weighted by atomic mass is 10.2. The first kappa shape index (κ1) is 12.5. The van der Waals surface area contributed by atoms with Gasteiger partial charge in [0.15, 0.2) is 5.82 Å². The highest BCUT2D eigenvalue weighted by molar-refractivity contribution is 7.15. The Morgan fingerprint density at radius 1 is 1.44 bits per heavy atom. The van der Waals surface area contributed by atoms with Crippen molar-refractivity contribution >= 4 is 22.4 Å². The first-order valence-corrected chi connectivity index (χ1v) is 5.87. The minimum absolute atomic E-state index is 0.244. The molecule has 2 heterocycles. The van der Waals surface area contributed by atoms with E-state index in [4.69, 9.17) is 0 Å². The lowest BCUT2D eigenvalue weighted by molar-refractivity contribution is 0.102. The Hall–Kier alpha value is -1.96. The highest BCUT2D eigenvalue weighted by Gasteiger charge is 2.17. The van der Waals surface area contributed by atoms with Crippen LogP contribution < -0.4 is 5.32 Å². The fourth-order valence-corrected chi connectivity index (χ4v) is 1.88. The smallest absolute Gasteiger partial charge is 0.260 e. The summed E-state index contributed by atoms with van der Waals surface area (Å²) in [5.41, 5.74) is -0.421. The number of aromatic nitrogens is 3. The van der Waals surface area contributed by atoms with Crippen LogP contribution in [0.4, 0.5) is 13.9 Å². The monoisotopic (exact) mass is 270 g/mol. The highest BCUT2D eigenvalue weighted by atomic mass is 32.1. The molecule has 0 unspecified atom stereocenters. The molecule has 2 aromatic rings. The summed E-state index contributed by atoms with van der Waals surface area (Å²) in [5, 5.41) is 10.8. The number of aryl methyl sites for hydroxylation is 1. The molecule has 0 atom stereocenters. The number of nitrogens with one attached hydrogen (secondary N) is 1. The van der Waals surface area contributed by atoms with E-state index in [2.05, 4.69) is 20.5 Å². The molecule has 2 rings (SSSR count). The van der Waals surface area contributed by atoms with Crippen LogP contribution in [-0.4, -0.2) is 21.1 Å². The number of rotatable bonds is 3. The molecule has 8 heteroatoms. The van der Waals surface area contributed by atoms with E-state index in [1.165, 1.54) is 11.3 Å². The Morgan fingerprint density at radius 2 is 2.22 bits per heavy atom. The summed E-state index contributed by atoms with van der Waals surface area (Å²) in [6, 6.07) is 1.09. The van der Waals surface area contributed by atoms with Gasteiger partial charge in [-0.15, -0.1) is 10.2 Å². The van der Waals surface area contributed by atoms with Gasteiger partial charge in [-0.1, -0.05) is 18.3 Å². The average Bonchev–Trinajstić information content (AvgIpc) is 2.80. The Morgan fingerprint density at radius 3 is 2.89 bits per heavy atom. The summed E-state index contributed by atoms with van der Waals surface area (Å²) in [5.74, 6) is -3.38. The van der Waals surface area contributed by atoms with Crippen LogP contribution in [0.3, 0.4) is 0 Å². The summed E-state index contributed by atoms with van der Waals surface area (Å²) >= 11 is 1.18.